The van der Waals surface area contributed by atoms with Crippen LogP contribution in [0.15, 0.2) is 16.5 Å². The summed E-state index contributed by atoms with van der Waals surface area (Å²) < 4.78 is 5.66. The quantitative estimate of drug-likeness (QED) is 0.855. The molecule has 0 bridgehead atoms. The maximum absolute atomic E-state index is 5.66. The van der Waals surface area contributed by atoms with Gasteiger partial charge in [-0.3, -0.25) is 4.90 Å². The summed E-state index contributed by atoms with van der Waals surface area (Å²) in [7, 11) is 0. The molecule has 17 heavy (non-hydrogen) atoms. The molecule has 1 saturated heterocycles. The van der Waals surface area contributed by atoms with E-state index >= 15 is 0 Å². The van der Waals surface area contributed by atoms with Crippen LogP contribution in [0.25, 0.3) is 0 Å². The molecule has 2 atom stereocenters. The third kappa shape index (κ3) is 3.86. The van der Waals surface area contributed by atoms with Crippen molar-refractivity contribution >= 4 is 0 Å². The Morgan fingerprint density at radius 1 is 1.41 bits per heavy atom. The molecule has 0 spiro atoms. The summed E-state index contributed by atoms with van der Waals surface area (Å²) in [6.07, 6.45) is 1.21. The van der Waals surface area contributed by atoms with Crippen molar-refractivity contribution in [2.45, 2.75) is 39.8 Å². The standard InChI is InChI=1S/C14H24N2O/c1-11-8-15-12(2)6-7-16(9-11)10-14-5-4-13(3)17-14/h4-5,11-12,15H,6-10H2,1-3H3. The molecular formula is C14H24N2O. The Kier molecular flexibility index (Phi) is 4.24. The second-order valence-corrected chi connectivity index (χ2v) is 5.45. The Bertz CT molecular complexity index is 348. The molecule has 0 aromatic carbocycles. The third-order valence-corrected chi connectivity index (χ3v) is 3.44. The predicted molar refractivity (Wildman–Crippen MR) is 70.0 cm³/mol. The summed E-state index contributed by atoms with van der Waals surface area (Å²) >= 11 is 0. The zero-order chi connectivity index (χ0) is 12.3. The molecule has 1 aliphatic heterocycles. The molecular weight excluding hydrogens is 212 g/mol. The lowest BCUT2D eigenvalue weighted by atomic mass is 10.1. The van der Waals surface area contributed by atoms with E-state index in [9.17, 15) is 0 Å². The van der Waals surface area contributed by atoms with E-state index in [0.717, 1.165) is 37.7 Å². The van der Waals surface area contributed by atoms with Crippen molar-refractivity contribution < 1.29 is 4.42 Å². The molecule has 96 valence electrons. The van der Waals surface area contributed by atoms with E-state index in [1.165, 1.54) is 6.42 Å². The molecule has 3 nitrogen and oxygen atoms in total. The van der Waals surface area contributed by atoms with E-state index in [0.29, 0.717) is 12.0 Å². The average molecular weight is 236 g/mol. The molecule has 1 fully saturated rings. The fourth-order valence-electron chi connectivity index (χ4n) is 2.41. The first-order chi connectivity index (χ1) is 8.13. The Hall–Kier alpha value is -0.800. The van der Waals surface area contributed by atoms with Crippen molar-refractivity contribution in [1.82, 2.24) is 10.2 Å². The minimum atomic E-state index is 0.624. The van der Waals surface area contributed by atoms with Gasteiger partial charge in [0.25, 0.3) is 0 Å². The SMILES string of the molecule is Cc1ccc(CN2CCC(C)NCC(C)C2)o1. The topological polar surface area (TPSA) is 28.4 Å². The summed E-state index contributed by atoms with van der Waals surface area (Å²) in [5, 5.41) is 3.57. The number of furan rings is 1. The smallest absolute Gasteiger partial charge is 0.118 e. The van der Waals surface area contributed by atoms with Crippen LogP contribution in [-0.2, 0) is 6.54 Å². The van der Waals surface area contributed by atoms with Crippen LogP contribution in [0.5, 0.6) is 0 Å². The van der Waals surface area contributed by atoms with Crippen molar-refractivity contribution in [3.63, 3.8) is 0 Å². The van der Waals surface area contributed by atoms with Gasteiger partial charge in [-0.15, -0.1) is 0 Å². The summed E-state index contributed by atoms with van der Waals surface area (Å²) in [5.41, 5.74) is 0. The lowest BCUT2D eigenvalue weighted by molar-refractivity contribution is 0.182. The monoisotopic (exact) mass is 236 g/mol. The third-order valence-electron chi connectivity index (χ3n) is 3.44. The summed E-state index contributed by atoms with van der Waals surface area (Å²) in [5.74, 6) is 2.81. The molecule has 0 amide bonds. The minimum Gasteiger partial charge on any atom is -0.465 e. The van der Waals surface area contributed by atoms with Gasteiger partial charge in [0.2, 0.25) is 0 Å². The highest BCUT2D eigenvalue weighted by atomic mass is 16.3. The van der Waals surface area contributed by atoms with Crippen LogP contribution >= 0.6 is 0 Å². The number of hydrogen-bond donors (Lipinski definition) is 1. The molecule has 2 unspecified atom stereocenters. The molecule has 1 aliphatic rings. The molecule has 2 rings (SSSR count). The normalized spacial score (nSPS) is 27.7. The summed E-state index contributed by atoms with van der Waals surface area (Å²) in [4.78, 5) is 2.51. The van der Waals surface area contributed by atoms with E-state index in [-0.39, 0.29) is 0 Å². The summed E-state index contributed by atoms with van der Waals surface area (Å²) in [6.45, 7) is 11.0. The Morgan fingerprint density at radius 2 is 2.24 bits per heavy atom. The lowest BCUT2D eigenvalue weighted by Crippen LogP contribution is -2.42. The first-order valence-electron chi connectivity index (χ1n) is 6.64. The maximum atomic E-state index is 5.66. The predicted octanol–water partition coefficient (Wildman–Crippen LogP) is 2.41. The molecule has 0 saturated carbocycles. The van der Waals surface area contributed by atoms with Crippen molar-refractivity contribution in [1.29, 1.82) is 0 Å². The fourth-order valence-corrected chi connectivity index (χ4v) is 2.41. The Balaban J connectivity index is 1.93. The Labute approximate surface area is 104 Å². The van der Waals surface area contributed by atoms with Crippen LogP contribution in [-0.4, -0.2) is 30.6 Å². The molecule has 0 radical (unpaired) electrons. The van der Waals surface area contributed by atoms with Gasteiger partial charge in [0, 0.05) is 19.1 Å². The zero-order valence-electron chi connectivity index (χ0n) is 11.2. The Morgan fingerprint density at radius 3 is 2.94 bits per heavy atom. The van der Waals surface area contributed by atoms with Gasteiger partial charge < -0.3 is 9.73 Å². The van der Waals surface area contributed by atoms with Crippen LogP contribution in [0.4, 0.5) is 0 Å². The lowest BCUT2D eigenvalue weighted by Gasteiger charge is -2.30. The highest BCUT2D eigenvalue weighted by molar-refractivity contribution is 5.05. The molecule has 1 aromatic heterocycles. The van der Waals surface area contributed by atoms with E-state index in [2.05, 4.69) is 30.1 Å². The first-order valence-corrected chi connectivity index (χ1v) is 6.64. The van der Waals surface area contributed by atoms with Crippen LogP contribution < -0.4 is 5.32 Å². The second-order valence-electron chi connectivity index (χ2n) is 5.45. The molecule has 3 heteroatoms. The van der Waals surface area contributed by atoms with Gasteiger partial charge >= 0.3 is 0 Å². The van der Waals surface area contributed by atoms with Gasteiger partial charge in [0.1, 0.15) is 11.5 Å². The second kappa shape index (κ2) is 5.69. The first kappa shape index (κ1) is 12.7. The van der Waals surface area contributed by atoms with Crippen molar-refractivity contribution in [2.24, 2.45) is 5.92 Å². The van der Waals surface area contributed by atoms with Crippen molar-refractivity contribution in [3.05, 3.63) is 23.7 Å². The number of nitrogens with one attached hydrogen (secondary N) is 1. The number of hydrogen-bond acceptors (Lipinski definition) is 3. The molecule has 0 aliphatic carbocycles. The van der Waals surface area contributed by atoms with E-state index in [1.807, 2.05) is 13.0 Å². The van der Waals surface area contributed by atoms with Crippen molar-refractivity contribution in [2.75, 3.05) is 19.6 Å². The van der Waals surface area contributed by atoms with E-state index < -0.39 is 0 Å². The van der Waals surface area contributed by atoms with Crippen LogP contribution in [0, 0.1) is 12.8 Å². The van der Waals surface area contributed by atoms with Crippen molar-refractivity contribution in [3.8, 4) is 0 Å². The molecule has 1 N–H and O–H groups in total. The minimum absolute atomic E-state index is 0.624. The van der Waals surface area contributed by atoms with E-state index in [4.69, 9.17) is 4.42 Å². The maximum Gasteiger partial charge on any atom is 0.118 e. The van der Waals surface area contributed by atoms with Gasteiger partial charge in [-0.05, 0) is 44.9 Å². The highest BCUT2D eigenvalue weighted by Crippen LogP contribution is 2.13. The largest absolute Gasteiger partial charge is 0.465 e. The zero-order valence-corrected chi connectivity index (χ0v) is 11.2. The molecule has 1 aromatic rings. The average Bonchev–Trinajstić information content (AvgIpc) is 2.67. The van der Waals surface area contributed by atoms with Gasteiger partial charge in [0.05, 0.1) is 6.54 Å². The van der Waals surface area contributed by atoms with Gasteiger partial charge in [0.15, 0.2) is 0 Å². The van der Waals surface area contributed by atoms with E-state index in [1.54, 1.807) is 0 Å². The van der Waals surface area contributed by atoms with Crippen LogP contribution in [0.2, 0.25) is 0 Å². The highest BCUT2D eigenvalue weighted by Gasteiger charge is 2.17. The molecule has 2 heterocycles. The van der Waals surface area contributed by atoms with Crippen LogP contribution in [0.3, 0.4) is 0 Å². The number of aryl methyl sites for hydroxylation is 1. The number of rotatable bonds is 2. The van der Waals surface area contributed by atoms with Gasteiger partial charge in [-0.1, -0.05) is 6.92 Å². The summed E-state index contributed by atoms with van der Waals surface area (Å²) in [6, 6.07) is 4.77. The van der Waals surface area contributed by atoms with Gasteiger partial charge in [-0.25, -0.2) is 0 Å². The fraction of sp³-hybridized carbons (Fsp3) is 0.714. The van der Waals surface area contributed by atoms with Gasteiger partial charge in [-0.2, -0.15) is 0 Å². The van der Waals surface area contributed by atoms with Crippen LogP contribution in [0.1, 0.15) is 31.8 Å². The number of nitrogens with zero attached hydrogens (tertiary/aromatic N) is 1.